The zero-order valence-electron chi connectivity index (χ0n) is 15.2. The molecule has 2 N–H and O–H groups in total. The highest BCUT2D eigenvalue weighted by Gasteiger charge is 2.31. The number of hydrogen-bond donors (Lipinski definition) is 2. The van der Waals surface area contributed by atoms with Crippen LogP contribution in [0.5, 0.6) is 5.75 Å². The third kappa shape index (κ3) is 5.26. The molecule has 12 heteroatoms. The number of nitrogens with one attached hydrogen (secondary N) is 2. The van der Waals surface area contributed by atoms with E-state index >= 15 is 0 Å². The molecule has 3 aromatic rings. The zero-order chi connectivity index (χ0) is 21.9. The number of anilines is 4. The van der Waals surface area contributed by atoms with Gasteiger partial charge in [0.2, 0.25) is 11.6 Å². The van der Waals surface area contributed by atoms with E-state index in [0.717, 1.165) is 24.0 Å². The summed E-state index contributed by atoms with van der Waals surface area (Å²) in [5, 5.41) is 17.7. The van der Waals surface area contributed by atoms with E-state index in [4.69, 9.17) is 11.6 Å². The SMILES string of the molecule is Cc1ccc(Cl)cc1Nc1ncnc(Nc2ccc(OC(F)(F)F)cc2)c1[N+](=O)[O-]. The van der Waals surface area contributed by atoms with E-state index in [1.165, 1.54) is 12.1 Å². The molecule has 0 aliphatic carbocycles. The summed E-state index contributed by atoms with van der Waals surface area (Å²) in [4.78, 5) is 18.8. The minimum Gasteiger partial charge on any atom is -0.406 e. The van der Waals surface area contributed by atoms with Crippen LogP contribution < -0.4 is 15.4 Å². The molecule has 1 heterocycles. The highest BCUT2D eigenvalue weighted by molar-refractivity contribution is 6.30. The Morgan fingerprint density at radius 3 is 2.30 bits per heavy atom. The highest BCUT2D eigenvalue weighted by Crippen LogP contribution is 2.34. The molecule has 3 rings (SSSR count). The van der Waals surface area contributed by atoms with Crippen LogP contribution in [0.15, 0.2) is 48.8 Å². The van der Waals surface area contributed by atoms with Crippen molar-refractivity contribution in [3.63, 3.8) is 0 Å². The van der Waals surface area contributed by atoms with E-state index in [-0.39, 0.29) is 17.3 Å². The number of aryl methyl sites for hydroxylation is 1. The summed E-state index contributed by atoms with van der Waals surface area (Å²) in [5.41, 5.74) is 1.11. The van der Waals surface area contributed by atoms with Gasteiger partial charge in [-0.1, -0.05) is 17.7 Å². The number of halogens is 4. The summed E-state index contributed by atoms with van der Waals surface area (Å²) >= 11 is 5.98. The van der Waals surface area contributed by atoms with Crippen LogP contribution >= 0.6 is 11.6 Å². The molecule has 0 radical (unpaired) electrons. The lowest BCUT2D eigenvalue weighted by Gasteiger charge is -2.12. The molecule has 0 fully saturated rings. The maximum Gasteiger partial charge on any atom is 0.573 e. The smallest absolute Gasteiger partial charge is 0.406 e. The first-order valence-electron chi connectivity index (χ1n) is 8.28. The maximum absolute atomic E-state index is 12.3. The largest absolute Gasteiger partial charge is 0.573 e. The van der Waals surface area contributed by atoms with E-state index in [2.05, 4.69) is 25.3 Å². The van der Waals surface area contributed by atoms with E-state index in [9.17, 15) is 23.3 Å². The van der Waals surface area contributed by atoms with Crippen molar-refractivity contribution in [1.29, 1.82) is 0 Å². The fourth-order valence-corrected chi connectivity index (χ4v) is 2.64. The predicted octanol–water partition coefficient (Wildman–Crippen LogP) is 5.73. The normalized spacial score (nSPS) is 11.1. The fraction of sp³-hybridized carbons (Fsp3) is 0.111. The second-order valence-electron chi connectivity index (χ2n) is 5.96. The number of ether oxygens (including phenoxy) is 1. The first-order valence-corrected chi connectivity index (χ1v) is 8.65. The summed E-state index contributed by atoms with van der Waals surface area (Å²) in [5.74, 6) is -0.661. The summed E-state index contributed by atoms with van der Waals surface area (Å²) in [7, 11) is 0. The van der Waals surface area contributed by atoms with E-state index in [0.29, 0.717) is 10.7 Å². The van der Waals surface area contributed by atoms with Crippen LogP contribution in [-0.2, 0) is 0 Å². The molecule has 0 bridgehead atoms. The Labute approximate surface area is 172 Å². The summed E-state index contributed by atoms with van der Waals surface area (Å²) in [6.45, 7) is 1.79. The van der Waals surface area contributed by atoms with Crippen molar-refractivity contribution in [1.82, 2.24) is 9.97 Å². The molecule has 1 aromatic heterocycles. The quantitative estimate of drug-likeness (QED) is 0.373. The van der Waals surface area contributed by atoms with Gasteiger partial charge < -0.3 is 15.4 Å². The van der Waals surface area contributed by atoms with E-state index in [1.807, 2.05) is 0 Å². The third-order valence-electron chi connectivity index (χ3n) is 3.81. The predicted molar refractivity (Wildman–Crippen MR) is 105 cm³/mol. The molecule has 0 atom stereocenters. The number of hydrogen-bond acceptors (Lipinski definition) is 7. The van der Waals surface area contributed by atoms with Crippen molar-refractivity contribution < 1.29 is 22.8 Å². The van der Waals surface area contributed by atoms with E-state index in [1.54, 1.807) is 25.1 Å². The van der Waals surface area contributed by atoms with Crippen LogP contribution in [-0.4, -0.2) is 21.3 Å². The van der Waals surface area contributed by atoms with Crippen molar-refractivity contribution in [2.45, 2.75) is 13.3 Å². The topological polar surface area (TPSA) is 102 Å². The van der Waals surface area contributed by atoms with Gasteiger partial charge in [-0.25, -0.2) is 9.97 Å². The first-order chi connectivity index (χ1) is 14.1. The number of alkyl halides is 3. The van der Waals surface area contributed by atoms with Crippen LogP contribution in [0, 0.1) is 17.0 Å². The Morgan fingerprint density at radius 2 is 1.70 bits per heavy atom. The number of nitrogens with zero attached hydrogens (tertiary/aromatic N) is 3. The average Bonchev–Trinajstić information content (AvgIpc) is 2.65. The van der Waals surface area contributed by atoms with Crippen LogP contribution in [0.1, 0.15) is 5.56 Å². The van der Waals surface area contributed by atoms with Crippen LogP contribution in [0.4, 0.5) is 41.9 Å². The Hall–Kier alpha value is -3.60. The number of rotatable bonds is 6. The molecule has 0 amide bonds. The minimum absolute atomic E-state index is 0.0834. The molecule has 0 aliphatic heterocycles. The number of aromatic nitrogens is 2. The van der Waals surface area contributed by atoms with Gasteiger partial charge in [-0.05, 0) is 48.9 Å². The van der Waals surface area contributed by atoms with Crippen molar-refractivity contribution in [3.05, 3.63) is 69.5 Å². The average molecular weight is 440 g/mol. The van der Waals surface area contributed by atoms with Crippen LogP contribution in [0.3, 0.4) is 0 Å². The van der Waals surface area contributed by atoms with Gasteiger partial charge in [-0.2, -0.15) is 0 Å². The molecule has 0 saturated heterocycles. The Balaban J connectivity index is 1.89. The second-order valence-corrected chi connectivity index (χ2v) is 6.39. The van der Waals surface area contributed by atoms with Gasteiger partial charge in [0.15, 0.2) is 0 Å². The minimum atomic E-state index is -4.82. The third-order valence-corrected chi connectivity index (χ3v) is 4.04. The lowest BCUT2D eigenvalue weighted by Crippen LogP contribution is -2.17. The van der Waals surface area contributed by atoms with Crippen molar-refractivity contribution in [3.8, 4) is 5.75 Å². The van der Waals surface area contributed by atoms with Gasteiger partial charge in [0.1, 0.15) is 12.1 Å². The molecule has 8 nitrogen and oxygen atoms in total. The summed E-state index contributed by atoms with van der Waals surface area (Å²) < 4.78 is 40.6. The highest BCUT2D eigenvalue weighted by atomic mass is 35.5. The fourth-order valence-electron chi connectivity index (χ4n) is 2.47. The summed E-state index contributed by atoms with van der Waals surface area (Å²) in [6, 6.07) is 9.67. The first kappa shape index (κ1) is 21.1. The molecule has 2 aromatic carbocycles. The van der Waals surface area contributed by atoms with Gasteiger partial charge in [-0.3, -0.25) is 10.1 Å². The summed E-state index contributed by atoms with van der Waals surface area (Å²) in [6.07, 6.45) is -3.71. The Bertz CT molecular complexity index is 1080. The lowest BCUT2D eigenvalue weighted by molar-refractivity contribution is -0.383. The molecular formula is C18H13ClF3N5O3. The number of nitro groups is 1. The second kappa shape index (κ2) is 8.41. The molecule has 30 heavy (non-hydrogen) atoms. The van der Waals surface area contributed by atoms with E-state index < -0.39 is 22.7 Å². The molecular weight excluding hydrogens is 427 g/mol. The molecule has 156 valence electrons. The Morgan fingerprint density at radius 1 is 1.07 bits per heavy atom. The number of benzene rings is 2. The lowest BCUT2D eigenvalue weighted by atomic mass is 10.2. The molecule has 0 saturated carbocycles. The molecule has 0 spiro atoms. The van der Waals surface area contributed by atoms with Crippen molar-refractivity contribution in [2.24, 2.45) is 0 Å². The Kier molecular flexibility index (Phi) is 5.92. The van der Waals surface area contributed by atoms with Gasteiger partial charge in [0, 0.05) is 16.4 Å². The van der Waals surface area contributed by atoms with Crippen molar-refractivity contribution >= 4 is 40.3 Å². The van der Waals surface area contributed by atoms with Gasteiger partial charge in [-0.15, -0.1) is 13.2 Å². The molecule has 0 aliphatic rings. The standard InChI is InChI=1S/C18H13ClF3N5O3/c1-10-2-3-11(19)8-14(10)26-17-15(27(28)29)16(23-9-24-17)25-12-4-6-13(7-5-12)30-18(20,21)22/h2-9H,1H3,(H2,23,24,25,26). The van der Waals surface area contributed by atoms with Crippen LogP contribution in [0.25, 0.3) is 0 Å². The van der Waals surface area contributed by atoms with Gasteiger partial charge >= 0.3 is 12.0 Å². The van der Waals surface area contributed by atoms with Gasteiger partial charge in [0.25, 0.3) is 0 Å². The zero-order valence-corrected chi connectivity index (χ0v) is 16.0. The maximum atomic E-state index is 12.3. The van der Waals surface area contributed by atoms with Crippen molar-refractivity contribution in [2.75, 3.05) is 10.6 Å². The van der Waals surface area contributed by atoms with Crippen LogP contribution in [0.2, 0.25) is 5.02 Å². The monoisotopic (exact) mass is 439 g/mol. The van der Waals surface area contributed by atoms with Gasteiger partial charge in [0.05, 0.1) is 4.92 Å². The molecule has 0 unspecified atom stereocenters.